The molecule has 0 saturated heterocycles. The van der Waals surface area contributed by atoms with Crippen molar-refractivity contribution in [2.75, 3.05) is 5.32 Å². The summed E-state index contributed by atoms with van der Waals surface area (Å²) >= 11 is 0. The molecule has 1 N–H and O–H groups in total. The molecule has 4 heteroatoms. The molecular weight excluding hydrogens is 264 g/mol. The molecule has 0 saturated carbocycles. The van der Waals surface area contributed by atoms with Gasteiger partial charge in [0.2, 0.25) is 5.91 Å². The van der Waals surface area contributed by atoms with Gasteiger partial charge in [-0.3, -0.25) is 9.78 Å². The fourth-order valence-electron chi connectivity index (χ4n) is 1.75. The molecule has 0 fully saturated rings. The molecule has 0 atom stereocenters. The van der Waals surface area contributed by atoms with Crippen LogP contribution in [0.2, 0.25) is 0 Å². The third-order valence-electron chi connectivity index (χ3n) is 2.64. The highest BCUT2D eigenvalue weighted by Gasteiger charge is 2.06. The van der Waals surface area contributed by atoms with Crippen molar-refractivity contribution in [3.63, 3.8) is 0 Å². The summed E-state index contributed by atoms with van der Waals surface area (Å²) in [7, 11) is 0. The van der Waals surface area contributed by atoms with Crippen LogP contribution < -0.4 is 10.1 Å². The Kier molecular flexibility index (Phi) is 5.10. The summed E-state index contributed by atoms with van der Waals surface area (Å²) in [6.45, 7) is 3.89. The molecule has 0 spiro atoms. The van der Waals surface area contributed by atoms with Crippen LogP contribution in [0.25, 0.3) is 6.08 Å². The predicted molar refractivity (Wildman–Crippen MR) is 84.1 cm³/mol. The monoisotopic (exact) mass is 282 g/mol. The Bertz CT molecular complexity index is 622. The molecule has 0 aliphatic rings. The van der Waals surface area contributed by atoms with Gasteiger partial charge in [0.15, 0.2) is 0 Å². The van der Waals surface area contributed by atoms with E-state index in [9.17, 15) is 4.79 Å². The van der Waals surface area contributed by atoms with Crippen LogP contribution in [0.15, 0.2) is 54.9 Å². The Morgan fingerprint density at radius 1 is 1.19 bits per heavy atom. The molecule has 1 amide bonds. The van der Waals surface area contributed by atoms with Crippen molar-refractivity contribution >= 4 is 17.7 Å². The summed E-state index contributed by atoms with van der Waals surface area (Å²) in [6, 6.07) is 11.0. The van der Waals surface area contributed by atoms with Gasteiger partial charge < -0.3 is 10.1 Å². The largest absolute Gasteiger partial charge is 0.489 e. The van der Waals surface area contributed by atoms with Gasteiger partial charge in [0, 0.05) is 18.5 Å². The van der Waals surface area contributed by atoms with E-state index in [-0.39, 0.29) is 12.0 Å². The molecule has 0 radical (unpaired) electrons. The van der Waals surface area contributed by atoms with Crippen molar-refractivity contribution in [1.82, 2.24) is 4.98 Å². The van der Waals surface area contributed by atoms with Gasteiger partial charge >= 0.3 is 0 Å². The number of hydrogen-bond acceptors (Lipinski definition) is 3. The predicted octanol–water partition coefficient (Wildman–Crippen LogP) is 3.52. The number of carbonyl (C=O) groups excluding carboxylic acids is 1. The molecule has 1 heterocycles. The zero-order chi connectivity index (χ0) is 15.1. The summed E-state index contributed by atoms with van der Waals surface area (Å²) in [6.07, 6.45) is 6.65. The number of ether oxygens (including phenoxy) is 1. The number of para-hydroxylation sites is 2. The number of carbonyl (C=O) groups is 1. The van der Waals surface area contributed by atoms with Gasteiger partial charge in [-0.15, -0.1) is 0 Å². The first-order valence-corrected chi connectivity index (χ1v) is 6.80. The first kappa shape index (κ1) is 14.8. The van der Waals surface area contributed by atoms with E-state index in [1.54, 1.807) is 18.5 Å². The number of pyridine rings is 1. The topological polar surface area (TPSA) is 51.2 Å². The zero-order valence-electron chi connectivity index (χ0n) is 12.1. The van der Waals surface area contributed by atoms with E-state index in [4.69, 9.17) is 4.74 Å². The van der Waals surface area contributed by atoms with Gasteiger partial charge in [-0.2, -0.15) is 0 Å². The molecule has 2 aromatic rings. The second-order valence-corrected chi connectivity index (χ2v) is 4.77. The zero-order valence-corrected chi connectivity index (χ0v) is 12.1. The van der Waals surface area contributed by atoms with E-state index >= 15 is 0 Å². The Hall–Kier alpha value is -2.62. The normalized spacial score (nSPS) is 10.8. The van der Waals surface area contributed by atoms with Crippen LogP contribution in [0.4, 0.5) is 5.69 Å². The minimum absolute atomic E-state index is 0.0513. The maximum Gasteiger partial charge on any atom is 0.248 e. The van der Waals surface area contributed by atoms with E-state index in [1.807, 2.05) is 50.2 Å². The molecule has 1 aromatic carbocycles. The van der Waals surface area contributed by atoms with E-state index in [2.05, 4.69) is 10.3 Å². The Balaban J connectivity index is 2.04. The highest BCUT2D eigenvalue weighted by molar-refractivity contribution is 6.02. The van der Waals surface area contributed by atoms with E-state index < -0.39 is 0 Å². The fraction of sp³-hybridized carbons (Fsp3) is 0.176. The smallest absolute Gasteiger partial charge is 0.248 e. The second kappa shape index (κ2) is 7.24. The fourth-order valence-corrected chi connectivity index (χ4v) is 1.75. The van der Waals surface area contributed by atoms with Crippen molar-refractivity contribution in [3.05, 3.63) is 60.4 Å². The molecule has 2 rings (SSSR count). The standard InChI is InChI=1S/C17H18N2O2/c1-13(2)21-16-6-4-3-5-15(16)19-17(20)8-7-14-9-11-18-12-10-14/h3-13H,1-2H3,(H,19,20). The summed E-state index contributed by atoms with van der Waals surface area (Å²) in [5.41, 5.74) is 1.59. The quantitative estimate of drug-likeness (QED) is 0.854. The van der Waals surface area contributed by atoms with Crippen molar-refractivity contribution < 1.29 is 9.53 Å². The lowest BCUT2D eigenvalue weighted by Gasteiger charge is -2.14. The molecule has 21 heavy (non-hydrogen) atoms. The number of nitrogens with zero attached hydrogens (tertiary/aromatic N) is 1. The first-order valence-electron chi connectivity index (χ1n) is 6.80. The van der Waals surface area contributed by atoms with Gasteiger partial charge in [0.1, 0.15) is 5.75 Å². The summed E-state index contributed by atoms with van der Waals surface area (Å²) < 4.78 is 5.66. The van der Waals surface area contributed by atoms with Gasteiger partial charge in [0.25, 0.3) is 0 Å². The maximum atomic E-state index is 12.0. The summed E-state index contributed by atoms with van der Waals surface area (Å²) in [5, 5.41) is 2.82. The van der Waals surface area contributed by atoms with Crippen LogP contribution in [-0.4, -0.2) is 17.0 Å². The second-order valence-electron chi connectivity index (χ2n) is 4.77. The average Bonchev–Trinajstić information content (AvgIpc) is 2.48. The van der Waals surface area contributed by atoms with E-state index in [1.165, 1.54) is 6.08 Å². The number of anilines is 1. The number of nitrogens with one attached hydrogen (secondary N) is 1. The van der Waals surface area contributed by atoms with Crippen LogP contribution >= 0.6 is 0 Å². The van der Waals surface area contributed by atoms with Gasteiger partial charge in [-0.1, -0.05) is 12.1 Å². The molecule has 0 unspecified atom stereocenters. The third-order valence-corrected chi connectivity index (χ3v) is 2.64. The van der Waals surface area contributed by atoms with Crippen molar-refractivity contribution in [2.24, 2.45) is 0 Å². The highest BCUT2D eigenvalue weighted by Crippen LogP contribution is 2.24. The lowest BCUT2D eigenvalue weighted by atomic mass is 10.2. The molecule has 0 aliphatic heterocycles. The van der Waals surface area contributed by atoms with Crippen LogP contribution in [0.5, 0.6) is 5.75 Å². The van der Waals surface area contributed by atoms with Crippen LogP contribution in [-0.2, 0) is 4.79 Å². The van der Waals surface area contributed by atoms with E-state index in [0.717, 1.165) is 5.56 Å². The van der Waals surface area contributed by atoms with Gasteiger partial charge in [-0.25, -0.2) is 0 Å². The third kappa shape index (κ3) is 4.76. The minimum atomic E-state index is -0.202. The molecular formula is C17H18N2O2. The Labute approximate surface area is 124 Å². The minimum Gasteiger partial charge on any atom is -0.489 e. The summed E-state index contributed by atoms with van der Waals surface area (Å²) in [5.74, 6) is 0.463. The van der Waals surface area contributed by atoms with Crippen molar-refractivity contribution in [2.45, 2.75) is 20.0 Å². The van der Waals surface area contributed by atoms with Crippen molar-refractivity contribution in [3.8, 4) is 5.75 Å². The van der Waals surface area contributed by atoms with Crippen LogP contribution in [0, 0.1) is 0 Å². The van der Waals surface area contributed by atoms with E-state index in [0.29, 0.717) is 11.4 Å². The molecule has 0 aliphatic carbocycles. The number of hydrogen-bond donors (Lipinski definition) is 1. The Morgan fingerprint density at radius 2 is 1.90 bits per heavy atom. The lowest BCUT2D eigenvalue weighted by molar-refractivity contribution is -0.111. The molecule has 0 bridgehead atoms. The number of benzene rings is 1. The van der Waals surface area contributed by atoms with Crippen molar-refractivity contribution in [1.29, 1.82) is 0 Å². The van der Waals surface area contributed by atoms with Crippen LogP contribution in [0.1, 0.15) is 19.4 Å². The lowest BCUT2D eigenvalue weighted by Crippen LogP contribution is -2.12. The van der Waals surface area contributed by atoms with Gasteiger partial charge in [-0.05, 0) is 49.8 Å². The number of rotatable bonds is 5. The molecule has 4 nitrogen and oxygen atoms in total. The SMILES string of the molecule is CC(C)Oc1ccccc1NC(=O)C=Cc1ccncc1. The Morgan fingerprint density at radius 3 is 2.62 bits per heavy atom. The molecule has 1 aromatic heterocycles. The number of aromatic nitrogens is 1. The van der Waals surface area contributed by atoms with Crippen LogP contribution in [0.3, 0.4) is 0 Å². The number of amides is 1. The molecule has 108 valence electrons. The van der Waals surface area contributed by atoms with Gasteiger partial charge in [0.05, 0.1) is 11.8 Å². The summed E-state index contributed by atoms with van der Waals surface area (Å²) in [4.78, 5) is 15.9. The average molecular weight is 282 g/mol. The highest BCUT2D eigenvalue weighted by atomic mass is 16.5. The first-order chi connectivity index (χ1) is 10.1. The maximum absolute atomic E-state index is 12.0.